The molecule has 17 heavy (non-hydrogen) atoms. The molecule has 3 atom stereocenters. The number of amides is 1. The van der Waals surface area contributed by atoms with Crippen molar-refractivity contribution in [3.63, 3.8) is 0 Å². The monoisotopic (exact) mass is 252 g/mol. The number of alkyl halides is 3. The first-order valence-corrected chi connectivity index (χ1v) is 5.74. The molecule has 100 valence electrons. The first-order chi connectivity index (χ1) is 7.57. The van der Waals surface area contributed by atoms with Crippen molar-refractivity contribution < 1.29 is 18.0 Å². The molecule has 0 aromatic carbocycles. The van der Waals surface area contributed by atoms with E-state index in [2.05, 4.69) is 0 Å². The highest BCUT2D eigenvalue weighted by molar-refractivity contribution is 5.87. The minimum absolute atomic E-state index is 0.177. The second kappa shape index (κ2) is 4.48. The van der Waals surface area contributed by atoms with Crippen LogP contribution in [0.3, 0.4) is 0 Å². The molecule has 6 heteroatoms. The predicted octanol–water partition coefficient (Wildman–Crippen LogP) is 1.91. The van der Waals surface area contributed by atoms with Crippen LogP contribution in [-0.4, -0.2) is 35.1 Å². The Hall–Kier alpha value is -0.780. The Labute approximate surface area is 99.1 Å². The molecule has 0 aromatic heterocycles. The van der Waals surface area contributed by atoms with Gasteiger partial charge in [0.1, 0.15) is 0 Å². The number of halogens is 3. The average Bonchev–Trinajstić information content (AvgIpc) is 2.19. The van der Waals surface area contributed by atoms with Crippen LogP contribution in [-0.2, 0) is 4.79 Å². The number of rotatable bonds is 1. The number of nitrogens with two attached hydrogens (primary N) is 1. The fourth-order valence-corrected chi connectivity index (χ4v) is 1.99. The molecule has 3 nitrogen and oxygen atoms in total. The second-order valence-corrected chi connectivity index (χ2v) is 5.19. The van der Waals surface area contributed by atoms with Gasteiger partial charge in [0, 0.05) is 12.6 Å². The first-order valence-electron chi connectivity index (χ1n) is 5.74. The van der Waals surface area contributed by atoms with Gasteiger partial charge in [0.15, 0.2) is 5.54 Å². The van der Waals surface area contributed by atoms with Crippen molar-refractivity contribution in [1.29, 1.82) is 0 Å². The van der Waals surface area contributed by atoms with Gasteiger partial charge in [-0.3, -0.25) is 4.79 Å². The van der Waals surface area contributed by atoms with Crippen molar-refractivity contribution in [1.82, 2.24) is 4.90 Å². The van der Waals surface area contributed by atoms with Crippen LogP contribution in [0.1, 0.15) is 33.6 Å². The average molecular weight is 252 g/mol. The van der Waals surface area contributed by atoms with Crippen molar-refractivity contribution in [2.45, 2.75) is 51.4 Å². The Morgan fingerprint density at radius 3 is 2.29 bits per heavy atom. The van der Waals surface area contributed by atoms with Gasteiger partial charge < -0.3 is 10.6 Å². The van der Waals surface area contributed by atoms with E-state index in [0.717, 1.165) is 19.8 Å². The highest BCUT2D eigenvalue weighted by Crippen LogP contribution is 2.32. The number of carbonyl (C=O) groups excluding carboxylic acids is 1. The summed E-state index contributed by atoms with van der Waals surface area (Å²) in [5.74, 6) is -0.803. The molecular weight excluding hydrogens is 233 g/mol. The Balaban J connectivity index is 2.88. The van der Waals surface area contributed by atoms with Crippen molar-refractivity contribution in [2.24, 2.45) is 11.7 Å². The van der Waals surface area contributed by atoms with Gasteiger partial charge >= 0.3 is 6.18 Å². The van der Waals surface area contributed by atoms with Crippen LogP contribution < -0.4 is 5.73 Å². The quantitative estimate of drug-likeness (QED) is 0.775. The number of carbonyl (C=O) groups is 1. The molecule has 1 fully saturated rings. The molecule has 0 aromatic rings. The van der Waals surface area contributed by atoms with Gasteiger partial charge in [0.2, 0.25) is 0 Å². The van der Waals surface area contributed by atoms with E-state index in [9.17, 15) is 18.0 Å². The standard InChI is InChI=1S/C11H19F3N2O/c1-7-4-5-8(2)16(6-7)9(17)10(3,15)11(12,13)14/h7-8H,4-6,15H2,1-3H3. The summed E-state index contributed by atoms with van der Waals surface area (Å²) in [5.41, 5.74) is 2.37. The van der Waals surface area contributed by atoms with Crippen molar-refractivity contribution in [3.05, 3.63) is 0 Å². The van der Waals surface area contributed by atoms with Crippen LogP contribution >= 0.6 is 0 Å². The van der Waals surface area contributed by atoms with Gasteiger partial charge in [-0.05, 0) is 32.6 Å². The van der Waals surface area contributed by atoms with Gasteiger partial charge in [-0.2, -0.15) is 13.2 Å². The van der Waals surface area contributed by atoms with Gasteiger partial charge in [-0.15, -0.1) is 0 Å². The third kappa shape index (κ3) is 2.73. The molecule has 0 aliphatic carbocycles. The topological polar surface area (TPSA) is 46.3 Å². The van der Waals surface area contributed by atoms with Crippen LogP contribution in [0.2, 0.25) is 0 Å². The van der Waals surface area contributed by atoms with Crippen molar-refractivity contribution in [3.8, 4) is 0 Å². The van der Waals surface area contributed by atoms with Crippen molar-refractivity contribution in [2.75, 3.05) is 6.54 Å². The largest absolute Gasteiger partial charge is 0.415 e. The van der Waals surface area contributed by atoms with Gasteiger partial charge in [0.05, 0.1) is 0 Å². The van der Waals surface area contributed by atoms with E-state index >= 15 is 0 Å². The zero-order valence-corrected chi connectivity index (χ0v) is 10.3. The Morgan fingerprint density at radius 1 is 1.29 bits per heavy atom. The fourth-order valence-electron chi connectivity index (χ4n) is 1.99. The minimum Gasteiger partial charge on any atom is -0.338 e. The molecule has 2 N–H and O–H groups in total. The molecule has 1 aliphatic rings. The van der Waals surface area contributed by atoms with E-state index in [1.54, 1.807) is 6.92 Å². The van der Waals surface area contributed by atoms with E-state index in [1.807, 2.05) is 6.92 Å². The number of likely N-dealkylation sites (tertiary alicyclic amines) is 1. The summed E-state index contributed by atoms with van der Waals surface area (Å²) in [6.07, 6.45) is -3.07. The number of nitrogens with zero attached hydrogens (tertiary/aromatic N) is 1. The molecule has 1 aliphatic heterocycles. The SMILES string of the molecule is CC1CCC(C)N(C(=O)C(C)(N)C(F)(F)F)C1. The predicted molar refractivity (Wildman–Crippen MR) is 58.2 cm³/mol. The van der Waals surface area contributed by atoms with Crippen LogP contribution in [0.15, 0.2) is 0 Å². The number of piperidine rings is 1. The summed E-state index contributed by atoms with van der Waals surface area (Å²) < 4.78 is 38.1. The molecule has 0 bridgehead atoms. The van der Waals surface area contributed by atoms with E-state index in [-0.39, 0.29) is 12.0 Å². The molecular formula is C11H19F3N2O. The lowest BCUT2D eigenvalue weighted by Gasteiger charge is -2.41. The first kappa shape index (κ1) is 14.3. The Bertz CT molecular complexity index is 302. The zero-order valence-electron chi connectivity index (χ0n) is 10.3. The highest BCUT2D eigenvalue weighted by Gasteiger charge is 2.56. The summed E-state index contributed by atoms with van der Waals surface area (Å²) in [5, 5.41) is 0. The third-order valence-electron chi connectivity index (χ3n) is 3.41. The summed E-state index contributed by atoms with van der Waals surface area (Å²) in [7, 11) is 0. The summed E-state index contributed by atoms with van der Waals surface area (Å²) in [4.78, 5) is 13.2. The normalized spacial score (nSPS) is 29.9. The zero-order chi connectivity index (χ0) is 13.4. The van der Waals surface area contributed by atoms with Crippen LogP contribution in [0.4, 0.5) is 13.2 Å². The van der Waals surface area contributed by atoms with E-state index in [4.69, 9.17) is 5.73 Å². The smallest absolute Gasteiger partial charge is 0.338 e. The summed E-state index contributed by atoms with van der Waals surface area (Å²) >= 11 is 0. The van der Waals surface area contributed by atoms with Gasteiger partial charge in [-0.25, -0.2) is 0 Å². The lowest BCUT2D eigenvalue weighted by atomic mass is 9.91. The maximum absolute atomic E-state index is 12.7. The maximum atomic E-state index is 12.7. The Kier molecular flexibility index (Phi) is 3.76. The van der Waals surface area contributed by atoms with E-state index < -0.39 is 17.6 Å². The number of hydrogen-bond acceptors (Lipinski definition) is 2. The van der Waals surface area contributed by atoms with Gasteiger partial charge in [-0.1, -0.05) is 6.92 Å². The van der Waals surface area contributed by atoms with Crippen LogP contribution in [0.5, 0.6) is 0 Å². The molecule has 1 saturated heterocycles. The summed E-state index contributed by atoms with van der Waals surface area (Å²) in [6.45, 7) is 4.77. The van der Waals surface area contributed by atoms with Gasteiger partial charge in [0.25, 0.3) is 5.91 Å². The fraction of sp³-hybridized carbons (Fsp3) is 0.909. The maximum Gasteiger partial charge on any atom is 0.415 e. The molecule has 1 heterocycles. The molecule has 1 rings (SSSR count). The molecule has 3 unspecified atom stereocenters. The van der Waals surface area contributed by atoms with Crippen molar-refractivity contribution >= 4 is 5.91 Å². The second-order valence-electron chi connectivity index (χ2n) is 5.19. The minimum atomic E-state index is -4.72. The van der Waals surface area contributed by atoms with E-state index in [1.165, 1.54) is 4.90 Å². The van der Waals surface area contributed by atoms with Crippen LogP contribution in [0.25, 0.3) is 0 Å². The number of hydrogen-bond donors (Lipinski definition) is 1. The lowest BCUT2D eigenvalue weighted by molar-refractivity contribution is -0.196. The Morgan fingerprint density at radius 2 is 1.82 bits per heavy atom. The molecule has 0 spiro atoms. The molecule has 1 amide bonds. The third-order valence-corrected chi connectivity index (χ3v) is 3.41. The van der Waals surface area contributed by atoms with Crippen LogP contribution in [0, 0.1) is 5.92 Å². The summed E-state index contributed by atoms with van der Waals surface area (Å²) in [6, 6.07) is -0.177. The highest BCUT2D eigenvalue weighted by atomic mass is 19.4. The lowest BCUT2D eigenvalue weighted by Crippen LogP contribution is -2.64. The van der Waals surface area contributed by atoms with E-state index in [0.29, 0.717) is 6.54 Å². The molecule has 0 radical (unpaired) electrons. The molecule has 0 saturated carbocycles.